The van der Waals surface area contributed by atoms with E-state index in [1.807, 2.05) is 24.4 Å². The molecule has 0 aliphatic rings. The molecule has 2 aromatic rings. The van der Waals surface area contributed by atoms with Crippen LogP contribution in [-0.2, 0) is 11.2 Å². The average Bonchev–Trinajstić information content (AvgIpc) is 2.93. The highest BCUT2D eigenvalue weighted by atomic mass is 32.1. The lowest BCUT2D eigenvalue weighted by molar-refractivity contribution is -0.159. The molecule has 0 aliphatic heterocycles. The molecular formula is C17H17F3N2OS. The van der Waals surface area contributed by atoms with Crippen molar-refractivity contribution < 1.29 is 18.0 Å². The number of carbonyl (C=O) groups is 1. The van der Waals surface area contributed by atoms with Gasteiger partial charge in [0.25, 0.3) is 0 Å². The first-order valence-corrected chi connectivity index (χ1v) is 8.13. The van der Waals surface area contributed by atoms with Crippen LogP contribution in [0, 0.1) is 6.92 Å². The summed E-state index contributed by atoms with van der Waals surface area (Å²) in [4.78, 5) is 17.2. The minimum absolute atomic E-state index is 0.0830. The molecule has 0 unspecified atom stereocenters. The Bertz CT molecular complexity index is 707. The standard InChI is InChI=1S/C17H17F3N2OS/c1-3-8-22(11-17(18,19)20)16(23)9-13-4-6-14(7-5-13)15-10-24-12(2)21-15/h3-7,10H,1,8-9,11H2,2H3. The highest BCUT2D eigenvalue weighted by Gasteiger charge is 2.32. The maximum atomic E-state index is 12.5. The van der Waals surface area contributed by atoms with Gasteiger partial charge in [0.05, 0.1) is 17.1 Å². The van der Waals surface area contributed by atoms with Gasteiger partial charge in [-0.15, -0.1) is 17.9 Å². The molecule has 0 spiro atoms. The number of aryl methyl sites for hydroxylation is 1. The Kier molecular flexibility index (Phi) is 5.77. The predicted octanol–water partition coefficient (Wildman–Crippen LogP) is 4.24. The molecule has 0 N–H and O–H groups in total. The fourth-order valence-corrected chi connectivity index (χ4v) is 2.82. The van der Waals surface area contributed by atoms with Crippen molar-refractivity contribution in [3.63, 3.8) is 0 Å². The molecule has 24 heavy (non-hydrogen) atoms. The van der Waals surface area contributed by atoms with Crippen molar-refractivity contribution >= 4 is 17.2 Å². The first-order chi connectivity index (χ1) is 11.3. The van der Waals surface area contributed by atoms with E-state index < -0.39 is 18.6 Å². The minimum atomic E-state index is -4.43. The monoisotopic (exact) mass is 354 g/mol. The molecule has 128 valence electrons. The van der Waals surface area contributed by atoms with E-state index in [9.17, 15) is 18.0 Å². The van der Waals surface area contributed by atoms with Crippen LogP contribution in [0.3, 0.4) is 0 Å². The van der Waals surface area contributed by atoms with Crippen molar-refractivity contribution in [1.29, 1.82) is 0 Å². The van der Waals surface area contributed by atoms with Crippen molar-refractivity contribution in [2.45, 2.75) is 19.5 Å². The van der Waals surface area contributed by atoms with Crippen LogP contribution in [0.5, 0.6) is 0 Å². The fraction of sp³-hybridized carbons (Fsp3) is 0.294. The zero-order chi connectivity index (χ0) is 17.7. The molecule has 0 fully saturated rings. The number of benzene rings is 1. The molecule has 0 atom stereocenters. The van der Waals surface area contributed by atoms with Crippen LogP contribution in [0.1, 0.15) is 10.6 Å². The molecule has 2 rings (SSSR count). The van der Waals surface area contributed by atoms with Crippen LogP contribution >= 0.6 is 11.3 Å². The molecule has 0 radical (unpaired) electrons. The molecule has 7 heteroatoms. The second-order valence-corrected chi connectivity index (χ2v) is 6.37. The topological polar surface area (TPSA) is 33.2 Å². The smallest absolute Gasteiger partial charge is 0.330 e. The van der Waals surface area contributed by atoms with Gasteiger partial charge in [0.2, 0.25) is 5.91 Å². The zero-order valence-corrected chi connectivity index (χ0v) is 14.0. The number of nitrogens with zero attached hydrogens (tertiary/aromatic N) is 2. The van der Waals surface area contributed by atoms with Gasteiger partial charge in [-0.3, -0.25) is 4.79 Å². The third kappa shape index (κ3) is 5.19. The number of thiazole rings is 1. The third-order valence-corrected chi connectivity index (χ3v) is 4.07. The Labute approximate surface area is 142 Å². The van der Waals surface area contributed by atoms with Gasteiger partial charge >= 0.3 is 6.18 Å². The summed E-state index contributed by atoms with van der Waals surface area (Å²) < 4.78 is 37.6. The van der Waals surface area contributed by atoms with Crippen LogP contribution < -0.4 is 0 Å². The first kappa shape index (κ1) is 18.2. The molecule has 1 aromatic carbocycles. The average molecular weight is 354 g/mol. The van der Waals surface area contributed by atoms with Gasteiger partial charge in [-0.1, -0.05) is 30.3 Å². The number of rotatable bonds is 6. The lowest BCUT2D eigenvalue weighted by atomic mass is 10.1. The Morgan fingerprint density at radius 1 is 1.33 bits per heavy atom. The number of carbonyl (C=O) groups excluding carboxylic acids is 1. The normalized spacial score (nSPS) is 11.3. The molecular weight excluding hydrogens is 337 g/mol. The molecule has 3 nitrogen and oxygen atoms in total. The Morgan fingerprint density at radius 2 is 2.00 bits per heavy atom. The lowest BCUT2D eigenvalue weighted by Gasteiger charge is -2.22. The van der Waals surface area contributed by atoms with E-state index in [1.165, 1.54) is 6.08 Å². The van der Waals surface area contributed by atoms with Crippen molar-refractivity contribution in [2.24, 2.45) is 0 Å². The molecule has 0 aliphatic carbocycles. The molecule has 0 saturated heterocycles. The highest BCUT2D eigenvalue weighted by molar-refractivity contribution is 7.09. The number of hydrogen-bond donors (Lipinski definition) is 0. The maximum Gasteiger partial charge on any atom is 0.406 e. The van der Waals surface area contributed by atoms with Crippen LogP contribution in [0.15, 0.2) is 42.3 Å². The number of alkyl halides is 3. The SMILES string of the molecule is C=CCN(CC(F)(F)F)C(=O)Cc1ccc(-c2csc(C)n2)cc1. The van der Waals surface area contributed by atoms with Gasteiger partial charge < -0.3 is 4.90 Å². The summed E-state index contributed by atoms with van der Waals surface area (Å²) in [5, 5.41) is 2.89. The summed E-state index contributed by atoms with van der Waals surface area (Å²) in [6.45, 7) is 3.91. The van der Waals surface area contributed by atoms with Crippen molar-refractivity contribution in [3.8, 4) is 11.3 Å². The van der Waals surface area contributed by atoms with Gasteiger partial charge in [0.1, 0.15) is 6.54 Å². The third-order valence-electron chi connectivity index (χ3n) is 3.30. The molecule has 1 aromatic heterocycles. The van der Waals surface area contributed by atoms with E-state index in [1.54, 1.807) is 23.5 Å². The van der Waals surface area contributed by atoms with Gasteiger partial charge in [-0.05, 0) is 12.5 Å². The number of hydrogen-bond acceptors (Lipinski definition) is 3. The van der Waals surface area contributed by atoms with E-state index in [2.05, 4.69) is 11.6 Å². The lowest BCUT2D eigenvalue weighted by Crippen LogP contribution is -2.39. The van der Waals surface area contributed by atoms with E-state index in [-0.39, 0.29) is 13.0 Å². The minimum Gasteiger partial charge on any atom is -0.330 e. The van der Waals surface area contributed by atoms with E-state index >= 15 is 0 Å². The van der Waals surface area contributed by atoms with Crippen molar-refractivity contribution in [1.82, 2.24) is 9.88 Å². The van der Waals surface area contributed by atoms with Crippen LogP contribution in [0.4, 0.5) is 13.2 Å². The van der Waals surface area contributed by atoms with Gasteiger partial charge in [0, 0.05) is 17.5 Å². The van der Waals surface area contributed by atoms with Crippen molar-refractivity contribution in [2.75, 3.05) is 13.1 Å². The molecule has 0 bridgehead atoms. The van der Waals surface area contributed by atoms with E-state index in [0.717, 1.165) is 21.2 Å². The summed E-state index contributed by atoms with van der Waals surface area (Å²) in [6.07, 6.45) is -3.22. The number of amides is 1. The Morgan fingerprint density at radius 3 is 2.50 bits per heavy atom. The summed E-state index contributed by atoms with van der Waals surface area (Å²) in [7, 11) is 0. The Balaban J connectivity index is 2.06. The van der Waals surface area contributed by atoms with Crippen molar-refractivity contribution in [3.05, 3.63) is 52.9 Å². The quantitative estimate of drug-likeness (QED) is 0.727. The predicted molar refractivity (Wildman–Crippen MR) is 88.8 cm³/mol. The van der Waals surface area contributed by atoms with Crippen LogP contribution in [0.2, 0.25) is 0 Å². The summed E-state index contributed by atoms with van der Waals surface area (Å²) in [5.74, 6) is -0.579. The number of halogens is 3. The fourth-order valence-electron chi connectivity index (χ4n) is 2.20. The summed E-state index contributed by atoms with van der Waals surface area (Å²) in [5.41, 5.74) is 2.42. The largest absolute Gasteiger partial charge is 0.406 e. The number of aromatic nitrogens is 1. The van der Waals surface area contributed by atoms with Crippen LogP contribution in [-0.4, -0.2) is 35.1 Å². The molecule has 1 amide bonds. The van der Waals surface area contributed by atoms with E-state index in [4.69, 9.17) is 0 Å². The van der Waals surface area contributed by atoms with E-state index in [0.29, 0.717) is 5.56 Å². The van der Waals surface area contributed by atoms with Gasteiger partial charge in [-0.2, -0.15) is 13.2 Å². The van der Waals surface area contributed by atoms with Gasteiger partial charge in [-0.25, -0.2) is 4.98 Å². The second-order valence-electron chi connectivity index (χ2n) is 5.30. The first-order valence-electron chi connectivity index (χ1n) is 7.25. The maximum absolute atomic E-state index is 12.5. The Hall–Kier alpha value is -2.15. The van der Waals surface area contributed by atoms with Crippen LogP contribution in [0.25, 0.3) is 11.3 Å². The summed E-state index contributed by atoms with van der Waals surface area (Å²) in [6, 6.07) is 7.11. The molecule has 1 heterocycles. The van der Waals surface area contributed by atoms with Gasteiger partial charge in [0.15, 0.2) is 0 Å². The zero-order valence-electron chi connectivity index (χ0n) is 13.1. The summed E-state index contributed by atoms with van der Waals surface area (Å²) >= 11 is 1.54. The molecule has 0 saturated carbocycles. The highest BCUT2D eigenvalue weighted by Crippen LogP contribution is 2.22. The second kappa shape index (κ2) is 7.61.